The standard InChI is InChI=1S/C16H14ClN3OS/c1-21-14-5-3-2-4-13(14)18-16-20-19-15(22-16)10-11-6-8-12(17)9-7-11/h2-9H,10H2,1H3,(H,18,20). The Morgan fingerprint density at radius 2 is 1.86 bits per heavy atom. The number of para-hydroxylation sites is 2. The van der Waals surface area contributed by atoms with E-state index in [1.165, 1.54) is 11.3 Å². The molecule has 1 heterocycles. The van der Waals surface area contributed by atoms with Gasteiger partial charge in [0.25, 0.3) is 0 Å². The predicted octanol–water partition coefficient (Wildman–Crippen LogP) is 4.53. The van der Waals surface area contributed by atoms with Crippen LogP contribution in [0.3, 0.4) is 0 Å². The zero-order valence-corrected chi connectivity index (χ0v) is 13.5. The van der Waals surface area contributed by atoms with Crippen molar-refractivity contribution in [3.8, 4) is 5.75 Å². The molecule has 0 saturated heterocycles. The second-order valence-electron chi connectivity index (χ2n) is 4.63. The van der Waals surface area contributed by atoms with Gasteiger partial charge in [0.2, 0.25) is 5.13 Å². The third-order valence-corrected chi connectivity index (χ3v) is 4.17. The molecule has 0 amide bonds. The molecule has 2 aromatic carbocycles. The summed E-state index contributed by atoms with van der Waals surface area (Å²) in [5.74, 6) is 0.775. The molecule has 0 aliphatic rings. The topological polar surface area (TPSA) is 47.0 Å². The molecule has 112 valence electrons. The third-order valence-electron chi connectivity index (χ3n) is 3.08. The fraction of sp³-hybridized carbons (Fsp3) is 0.125. The Labute approximate surface area is 137 Å². The number of nitrogens with one attached hydrogen (secondary N) is 1. The zero-order valence-electron chi connectivity index (χ0n) is 11.9. The minimum Gasteiger partial charge on any atom is -0.495 e. The lowest BCUT2D eigenvalue weighted by Crippen LogP contribution is -1.93. The number of halogens is 1. The highest BCUT2D eigenvalue weighted by Gasteiger charge is 2.08. The van der Waals surface area contributed by atoms with E-state index in [-0.39, 0.29) is 0 Å². The number of methoxy groups -OCH3 is 1. The molecule has 0 bridgehead atoms. The normalized spacial score (nSPS) is 10.5. The van der Waals surface area contributed by atoms with Crippen molar-refractivity contribution < 1.29 is 4.74 Å². The largest absolute Gasteiger partial charge is 0.495 e. The van der Waals surface area contributed by atoms with Crippen molar-refractivity contribution >= 4 is 33.8 Å². The maximum atomic E-state index is 5.89. The van der Waals surface area contributed by atoms with E-state index in [4.69, 9.17) is 16.3 Å². The van der Waals surface area contributed by atoms with Crippen molar-refractivity contribution in [2.75, 3.05) is 12.4 Å². The van der Waals surface area contributed by atoms with Crippen LogP contribution >= 0.6 is 22.9 Å². The monoisotopic (exact) mass is 331 g/mol. The highest BCUT2D eigenvalue weighted by molar-refractivity contribution is 7.15. The molecule has 3 aromatic rings. The maximum Gasteiger partial charge on any atom is 0.210 e. The van der Waals surface area contributed by atoms with Crippen LogP contribution in [0.2, 0.25) is 5.02 Å². The average Bonchev–Trinajstić information content (AvgIpc) is 2.97. The second kappa shape index (κ2) is 6.77. The molecule has 0 saturated carbocycles. The Balaban J connectivity index is 1.72. The predicted molar refractivity (Wildman–Crippen MR) is 90.4 cm³/mol. The summed E-state index contributed by atoms with van der Waals surface area (Å²) in [5, 5.41) is 14.1. The van der Waals surface area contributed by atoms with E-state index in [1.54, 1.807) is 7.11 Å². The smallest absolute Gasteiger partial charge is 0.210 e. The Morgan fingerprint density at radius 3 is 2.64 bits per heavy atom. The van der Waals surface area contributed by atoms with Crippen LogP contribution in [0.5, 0.6) is 5.75 Å². The molecule has 6 heteroatoms. The summed E-state index contributed by atoms with van der Waals surface area (Å²) >= 11 is 7.41. The van der Waals surface area contributed by atoms with Crippen LogP contribution in [0.25, 0.3) is 0 Å². The van der Waals surface area contributed by atoms with Gasteiger partial charge in [-0.3, -0.25) is 0 Å². The van der Waals surface area contributed by atoms with E-state index < -0.39 is 0 Å². The third kappa shape index (κ3) is 3.55. The molecule has 0 radical (unpaired) electrons. The average molecular weight is 332 g/mol. The first-order chi connectivity index (χ1) is 10.7. The van der Waals surface area contributed by atoms with Crippen LogP contribution in [0.15, 0.2) is 48.5 Å². The van der Waals surface area contributed by atoms with Crippen molar-refractivity contribution in [1.82, 2.24) is 10.2 Å². The van der Waals surface area contributed by atoms with E-state index in [1.807, 2.05) is 48.5 Å². The van der Waals surface area contributed by atoms with Crippen molar-refractivity contribution in [1.29, 1.82) is 0 Å². The van der Waals surface area contributed by atoms with Gasteiger partial charge in [0.05, 0.1) is 12.8 Å². The molecule has 1 N–H and O–H groups in total. The minimum absolute atomic E-state index is 0.736. The van der Waals surface area contributed by atoms with Gasteiger partial charge in [0.1, 0.15) is 10.8 Å². The van der Waals surface area contributed by atoms with Crippen molar-refractivity contribution in [3.63, 3.8) is 0 Å². The van der Waals surface area contributed by atoms with Crippen LogP contribution < -0.4 is 10.1 Å². The Morgan fingerprint density at radius 1 is 1.09 bits per heavy atom. The van der Waals surface area contributed by atoms with Gasteiger partial charge in [-0.25, -0.2) is 0 Å². The molecule has 0 atom stereocenters. The van der Waals surface area contributed by atoms with E-state index in [9.17, 15) is 0 Å². The summed E-state index contributed by atoms with van der Waals surface area (Å²) in [6.07, 6.45) is 0.739. The zero-order chi connectivity index (χ0) is 15.4. The number of rotatable bonds is 5. The van der Waals surface area contributed by atoms with Gasteiger partial charge in [-0.05, 0) is 29.8 Å². The highest BCUT2D eigenvalue weighted by atomic mass is 35.5. The summed E-state index contributed by atoms with van der Waals surface area (Å²) in [6.45, 7) is 0. The molecule has 4 nitrogen and oxygen atoms in total. The van der Waals surface area contributed by atoms with Crippen molar-refractivity contribution in [2.45, 2.75) is 6.42 Å². The lowest BCUT2D eigenvalue weighted by molar-refractivity contribution is 0.417. The fourth-order valence-electron chi connectivity index (χ4n) is 2.02. The highest BCUT2D eigenvalue weighted by Crippen LogP contribution is 2.29. The number of nitrogens with zero attached hydrogens (tertiary/aromatic N) is 2. The molecule has 0 spiro atoms. The van der Waals surface area contributed by atoms with Crippen LogP contribution in [0, 0.1) is 0 Å². The lowest BCUT2D eigenvalue weighted by Gasteiger charge is -2.07. The first-order valence-corrected chi connectivity index (χ1v) is 7.91. The van der Waals surface area contributed by atoms with Gasteiger partial charge >= 0.3 is 0 Å². The number of ether oxygens (including phenoxy) is 1. The Bertz CT molecular complexity index is 758. The quantitative estimate of drug-likeness (QED) is 0.746. The van der Waals surface area contributed by atoms with Gasteiger partial charge in [0.15, 0.2) is 0 Å². The van der Waals surface area contributed by atoms with Crippen LogP contribution in [0.1, 0.15) is 10.6 Å². The first-order valence-electron chi connectivity index (χ1n) is 6.71. The van der Waals surface area contributed by atoms with Crippen LogP contribution in [0.4, 0.5) is 10.8 Å². The molecule has 22 heavy (non-hydrogen) atoms. The summed E-state index contributed by atoms with van der Waals surface area (Å²) < 4.78 is 5.31. The summed E-state index contributed by atoms with van der Waals surface area (Å²) in [6, 6.07) is 15.5. The summed E-state index contributed by atoms with van der Waals surface area (Å²) in [7, 11) is 1.65. The SMILES string of the molecule is COc1ccccc1Nc1nnc(Cc2ccc(Cl)cc2)s1. The molecule has 0 unspecified atom stereocenters. The number of benzene rings is 2. The molecule has 1 aromatic heterocycles. The minimum atomic E-state index is 0.736. The first kappa shape index (κ1) is 14.8. The summed E-state index contributed by atoms with van der Waals surface area (Å²) in [5.41, 5.74) is 2.03. The van der Waals surface area contributed by atoms with Crippen molar-refractivity contribution in [3.05, 3.63) is 64.1 Å². The van der Waals surface area contributed by atoms with Crippen molar-refractivity contribution in [2.24, 2.45) is 0 Å². The summed E-state index contributed by atoms with van der Waals surface area (Å²) in [4.78, 5) is 0. The van der Waals surface area contributed by atoms with Gasteiger partial charge in [-0.1, -0.05) is 47.2 Å². The molecule has 0 aliphatic heterocycles. The number of hydrogen-bond donors (Lipinski definition) is 1. The second-order valence-corrected chi connectivity index (χ2v) is 6.13. The maximum absolute atomic E-state index is 5.89. The van der Waals surface area contributed by atoms with Crippen LogP contribution in [-0.2, 0) is 6.42 Å². The lowest BCUT2D eigenvalue weighted by atomic mass is 10.2. The Hall–Kier alpha value is -2.11. The van der Waals surface area contributed by atoms with E-state index in [0.717, 1.165) is 38.6 Å². The number of anilines is 2. The van der Waals surface area contributed by atoms with Crippen LogP contribution in [-0.4, -0.2) is 17.3 Å². The van der Waals surface area contributed by atoms with E-state index in [2.05, 4.69) is 15.5 Å². The fourth-order valence-corrected chi connectivity index (χ4v) is 2.93. The van der Waals surface area contributed by atoms with Gasteiger partial charge in [0, 0.05) is 11.4 Å². The molecular weight excluding hydrogens is 318 g/mol. The number of aromatic nitrogens is 2. The molecule has 0 fully saturated rings. The van der Waals surface area contributed by atoms with Gasteiger partial charge in [-0.15, -0.1) is 10.2 Å². The van der Waals surface area contributed by atoms with E-state index >= 15 is 0 Å². The van der Waals surface area contributed by atoms with Gasteiger partial charge in [-0.2, -0.15) is 0 Å². The van der Waals surface area contributed by atoms with E-state index in [0.29, 0.717) is 0 Å². The number of hydrogen-bond acceptors (Lipinski definition) is 5. The Kier molecular flexibility index (Phi) is 4.56. The molecule has 0 aliphatic carbocycles. The van der Waals surface area contributed by atoms with Gasteiger partial charge < -0.3 is 10.1 Å². The molecule has 3 rings (SSSR count). The molecular formula is C16H14ClN3OS.